The Bertz CT molecular complexity index is 1290. The van der Waals surface area contributed by atoms with Gasteiger partial charge in [0.05, 0.1) is 38.9 Å². The highest BCUT2D eigenvalue weighted by Gasteiger charge is 2.42. The van der Waals surface area contributed by atoms with E-state index >= 15 is 0 Å². The van der Waals surface area contributed by atoms with Crippen LogP contribution in [0.4, 0.5) is 4.79 Å². The molecule has 2 fully saturated rings. The van der Waals surface area contributed by atoms with E-state index < -0.39 is 9.84 Å². The SMILES string of the molecule is Cc1c(Oc2ccc(S(=O)(=O)C3CC3)cc2Cl)ncnc1OC1CC2C=C[C@@H](C1)N2C(=O)OC(C)C. The standard InChI is InChI=1S/C25H28ClN3O6S/c1-14(2)33-25(30)29-16-4-5-17(29)11-18(10-16)34-23-15(3)24(28-13-27-23)35-22-9-8-20(12-21(22)26)36(31,32)19-6-7-19/h4-5,8-9,12-14,16-19H,6-7,10-11H2,1-3H3/t16-,17?,18?/m0/s1. The number of nitrogens with zero attached hydrogens (tertiary/aromatic N) is 3. The van der Waals surface area contributed by atoms with Gasteiger partial charge in [0.15, 0.2) is 9.84 Å². The molecule has 3 aliphatic rings. The first-order valence-corrected chi connectivity index (χ1v) is 13.9. The zero-order valence-corrected chi connectivity index (χ0v) is 21.8. The fraction of sp³-hybridized carbons (Fsp3) is 0.480. The van der Waals surface area contributed by atoms with Gasteiger partial charge < -0.3 is 14.2 Å². The Kier molecular flexibility index (Phi) is 6.59. The maximum Gasteiger partial charge on any atom is 0.411 e. The Balaban J connectivity index is 1.27. The molecule has 2 aromatic rings. The largest absolute Gasteiger partial charge is 0.474 e. The van der Waals surface area contributed by atoms with Gasteiger partial charge in [-0.3, -0.25) is 4.90 Å². The molecule has 3 heterocycles. The number of hydrogen-bond acceptors (Lipinski definition) is 8. The number of hydrogen-bond donors (Lipinski definition) is 0. The molecule has 9 nitrogen and oxygen atoms in total. The van der Waals surface area contributed by atoms with Crippen molar-refractivity contribution in [3.63, 3.8) is 0 Å². The smallest absolute Gasteiger partial charge is 0.411 e. The molecule has 3 atom stereocenters. The molecule has 1 saturated carbocycles. The molecule has 2 aliphatic heterocycles. The lowest BCUT2D eigenvalue weighted by Crippen LogP contribution is -2.50. The zero-order valence-electron chi connectivity index (χ0n) is 20.3. The van der Waals surface area contributed by atoms with Gasteiger partial charge in [-0.05, 0) is 51.8 Å². The number of amides is 1. The highest BCUT2D eigenvalue weighted by Crippen LogP contribution is 2.39. The Morgan fingerprint density at radius 2 is 1.78 bits per heavy atom. The number of benzene rings is 1. The van der Waals surface area contributed by atoms with Crippen LogP contribution in [0.5, 0.6) is 17.5 Å². The first-order chi connectivity index (χ1) is 17.1. The number of carbonyl (C=O) groups is 1. The van der Waals surface area contributed by atoms with Gasteiger partial charge in [0, 0.05) is 12.8 Å². The van der Waals surface area contributed by atoms with Crippen LogP contribution < -0.4 is 9.47 Å². The second kappa shape index (κ2) is 9.55. The monoisotopic (exact) mass is 533 g/mol. The average Bonchev–Trinajstić information content (AvgIpc) is 3.63. The third kappa shape index (κ3) is 4.88. The summed E-state index contributed by atoms with van der Waals surface area (Å²) in [5, 5.41) is -0.136. The number of ether oxygens (including phenoxy) is 3. The van der Waals surface area contributed by atoms with Crippen molar-refractivity contribution >= 4 is 27.5 Å². The van der Waals surface area contributed by atoms with Gasteiger partial charge in [-0.25, -0.2) is 23.2 Å². The Morgan fingerprint density at radius 1 is 1.11 bits per heavy atom. The van der Waals surface area contributed by atoms with Crippen LogP contribution >= 0.6 is 11.6 Å². The van der Waals surface area contributed by atoms with E-state index in [1.807, 2.05) is 26.0 Å². The van der Waals surface area contributed by atoms with E-state index in [0.717, 1.165) is 0 Å². The summed E-state index contributed by atoms with van der Waals surface area (Å²) in [6, 6.07) is 4.27. The van der Waals surface area contributed by atoms with Crippen molar-refractivity contribution in [3.8, 4) is 17.5 Å². The third-order valence-electron chi connectivity index (χ3n) is 6.50. The molecule has 192 valence electrons. The van der Waals surface area contributed by atoms with Crippen LogP contribution in [0.3, 0.4) is 0 Å². The molecule has 0 radical (unpaired) electrons. The van der Waals surface area contributed by atoms with Crippen molar-refractivity contribution in [2.24, 2.45) is 0 Å². The minimum Gasteiger partial charge on any atom is -0.474 e. The molecular weight excluding hydrogens is 506 g/mol. The van der Waals surface area contributed by atoms with Gasteiger partial charge in [-0.2, -0.15) is 0 Å². The lowest BCUT2D eigenvalue weighted by atomic mass is 9.99. The molecule has 1 saturated heterocycles. The second-order valence-electron chi connectivity index (χ2n) is 9.62. The van der Waals surface area contributed by atoms with Crippen LogP contribution in [0.25, 0.3) is 0 Å². The summed E-state index contributed by atoms with van der Waals surface area (Å²) < 4.78 is 42.5. The Labute approximate surface area is 215 Å². The normalized spacial score (nSPS) is 23.1. The maximum absolute atomic E-state index is 12.5. The quantitative estimate of drug-likeness (QED) is 0.464. The van der Waals surface area contributed by atoms with E-state index in [1.54, 1.807) is 11.8 Å². The van der Waals surface area contributed by atoms with Crippen molar-refractivity contribution in [3.05, 3.63) is 47.3 Å². The second-order valence-corrected chi connectivity index (χ2v) is 12.3. The average molecular weight is 534 g/mol. The molecule has 2 bridgehead atoms. The lowest BCUT2D eigenvalue weighted by molar-refractivity contribution is 0.0263. The molecule has 1 aliphatic carbocycles. The van der Waals surface area contributed by atoms with Crippen LogP contribution in [0, 0.1) is 6.92 Å². The fourth-order valence-corrected chi connectivity index (χ4v) is 6.52. The van der Waals surface area contributed by atoms with Gasteiger partial charge in [-0.15, -0.1) is 0 Å². The van der Waals surface area contributed by atoms with Gasteiger partial charge in [0.25, 0.3) is 0 Å². The van der Waals surface area contributed by atoms with Crippen LogP contribution in [-0.2, 0) is 14.6 Å². The maximum atomic E-state index is 12.5. The number of halogens is 1. The van der Waals surface area contributed by atoms with E-state index in [-0.39, 0.29) is 51.4 Å². The predicted molar refractivity (Wildman–Crippen MR) is 132 cm³/mol. The van der Waals surface area contributed by atoms with Gasteiger partial charge >= 0.3 is 6.09 Å². The first-order valence-electron chi connectivity index (χ1n) is 12.0. The third-order valence-corrected chi connectivity index (χ3v) is 9.05. The number of fused-ring (bicyclic) bond motifs is 2. The molecule has 2 unspecified atom stereocenters. The topological polar surface area (TPSA) is 108 Å². The molecule has 1 aromatic heterocycles. The minimum atomic E-state index is -3.35. The summed E-state index contributed by atoms with van der Waals surface area (Å²) >= 11 is 6.35. The fourth-order valence-electron chi connectivity index (χ4n) is 4.55. The highest BCUT2D eigenvalue weighted by molar-refractivity contribution is 7.92. The van der Waals surface area contributed by atoms with Gasteiger partial charge in [-0.1, -0.05) is 23.8 Å². The predicted octanol–water partition coefficient (Wildman–Crippen LogP) is 4.86. The number of rotatable bonds is 7. The van der Waals surface area contributed by atoms with E-state index in [4.69, 9.17) is 25.8 Å². The number of sulfone groups is 1. The van der Waals surface area contributed by atoms with Gasteiger partial charge in [0.2, 0.25) is 11.8 Å². The number of aromatic nitrogens is 2. The van der Waals surface area contributed by atoms with E-state index in [0.29, 0.717) is 42.9 Å². The van der Waals surface area contributed by atoms with Crippen LogP contribution in [0.1, 0.15) is 45.1 Å². The summed E-state index contributed by atoms with van der Waals surface area (Å²) in [6.45, 7) is 5.45. The van der Waals surface area contributed by atoms with Crippen molar-refractivity contribution in [2.75, 3.05) is 0 Å². The molecule has 5 rings (SSSR count). The highest BCUT2D eigenvalue weighted by atomic mass is 35.5. The molecular formula is C25H28ClN3O6S. The van der Waals surface area contributed by atoms with Crippen molar-refractivity contribution in [1.82, 2.24) is 14.9 Å². The summed E-state index contributed by atoms with van der Waals surface area (Å²) in [6.07, 6.45) is 7.32. The van der Waals surface area contributed by atoms with Crippen molar-refractivity contribution in [2.45, 2.75) is 80.9 Å². The number of piperidine rings is 1. The van der Waals surface area contributed by atoms with Gasteiger partial charge in [0.1, 0.15) is 18.2 Å². The lowest BCUT2D eigenvalue weighted by Gasteiger charge is -2.38. The minimum absolute atomic E-state index is 0.0953. The zero-order chi connectivity index (χ0) is 25.6. The van der Waals surface area contributed by atoms with Crippen LogP contribution in [0.2, 0.25) is 5.02 Å². The molecule has 1 aromatic carbocycles. The molecule has 0 N–H and O–H groups in total. The molecule has 1 amide bonds. The van der Waals surface area contributed by atoms with E-state index in [1.165, 1.54) is 24.5 Å². The first kappa shape index (κ1) is 24.8. The van der Waals surface area contributed by atoms with Crippen molar-refractivity contribution in [1.29, 1.82) is 0 Å². The molecule has 0 spiro atoms. The Hall–Kier alpha value is -2.85. The van der Waals surface area contributed by atoms with Crippen molar-refractivity contribution < 1.29 is 27.4 Å². The Morgan fingerprint density at radius 3 is 2.39 bits per heavy atom. The van der Waals surface area contributed by atoms with Crippen LogP contribution in [0.15, 0.2) is 41.6 Å². The summed E-state index contributed by atoms with van der Waals surface area (Å²) in [4.78, 5) is 22.9. The summed E-state index contributed by atoms with van der Waals surface area (Å²) in [5.41, 5.74) is 0.588. The summed E-state index contributed by atoms with van der Waals surface area (Å²) in [5.74, 6) is 0.934. The molecule has 11 heteroatoms. The number of carbonyl (C=O) groups excluding carboxylic acids is 1. The summed E-state index contributed by atoms with van der Waals surface area (Å²) in [7, 11) is -3.35. The van der Waals surface area contributed by atoms with Crippen LogP contribution in [-0.4, -0.2) is 58.9 Å². The van der Waals surface area contributed by atoms with E-state index in [2.05, 4.69) is 9.97 Å². The van der Waals surface area contributed by atoms with E-state index in [9.17, 15) is 13.2 Å². The molecule has 36 heavy (non-hydrogen) atoms.